The summed E-state index contributed by atoms with van der Waals surface area (Å²) < 4.78 is 5.92. The third-order valence-corrected chi connectivity index (χ3v) is 17.9. The van der Waals surface area contributed by atoms with Gasteiger partial charge in [-0.15, -0.1) is 0 Å². The van der Waals surface area contributed by atoms with Crippen molar-refractivity contribution in [3.05, 3.63) is 287 Å². The first-order valence-corrected chi connectivity index (χ1v) is 25.6. The van der Waals surface area contributed by atoms with Gasteiger partial charge in [-0.1, -0.05) is 140 Å². The lowest BCUT2D eigenvalue weighted by Gasteiger charge is -2.43. The van der Waals surface area contributed by atoms with Crippen molar-refractivity contribution in [1.29, 1.82) is 10.5 Å². The Morgan fingerprint density at radius 2 is 0.653 bits per heavy atom. The lowest BCUT2D eigenvalue weighted by Crippen LogP contribution is -2.29. The Balaban J connectivity index is 1.17. The van der Waals surface area contributed by atoms with Crippen LogP contribution in [0.15, 0.2) is 198 Å². The third-order valence-electron chi connectivity index (χ3n) is 17.9. The Bertz CT molecular complexity index is 4810. The first kappa shape index (κ1) is 39.5. The van der Waals surface area contributed by atoms with Crippen LogP contribution in [-0.2, 0) is 0 Å². The van der Waals surface area contributed by atoms with E-state index in [0.29, 0.717) is 49.7 Å². The SMILES string of the molecule is N#Cc1cc2c(c3c1C1c4ccccc4C3c3ccccc31)c1c3c(=O)n(-c4ccccc4)c4cccc5c4c3c(c(=O)n5-c3ccccc3)c3c4c5c(c(C#N)cc4n2c13)C1c2ccccc2C5c2ccccc21. The summed E-state index contributed by atoms with van der Waals surface area (Å²) >= 11 is 0. The maximum absolute atomic E-state index is 16.7. The molecule has 344 valence electrons. The molecule has 4 heterocycles. The van der Waals surface area contributed by atoms with E-state index in [9.17, 15) is 10.5 Å². The van der Waals surface area contributed by atoms with Gasteiger partial charge in [0.1, 0.15) is 0 Å². The van der Waals surface area contributed by atoms with Crippen LogP contribution in [0.1, 0.15) is 102 Å². The topological polar surface area (TPSA) is 96.0 Å². The first-order valence-electron chi connectivity index (χ1n) is 25.6. The van der Waals surface area contributed by atoms with Gasteiger partial charge in [-0.25, -0.2) is 0 Å². The highest BCUT2D eigenvalue weighted by Gasteiger charge is 2.48. The van der Waals surface area contributed by atoms with E-state index in [4.69, 9.17) is 0 Å². The van der Waals surface area contributed by atoms with Gasteiger partial charge < -0.3 is 4.40 Å². The molecule has 0 amide bonds. The standard InChI is InChI=1S/C68H35N5O2/c69-32-34-30-48-57(59-50(34)52-38-20-7-11-24-42(38)54(59)43-25-12-8-21-39(43)52)62-64-61-56-46(71(67(64)74)36-16-3-1-4-17-36)28-15-29-47(56)72(37-18-5-2-6-19-37)68(75)65(61)63-58-49(73(48)66(62)63)31-35(33-70)51-53-40-22-9-13-26-44(40)55(60(51)58)45-27-14-10-23-41(45)53/h1-31,52-55H. The van der Waals surface area contributed by atoms with E-state index in [1.807, 2.05) is 100 Å². The van der Waals surface area contributed by atoms with Crippen LogP contribution >= 0.6 is 0 Å². The van der Waals surface area contributed by atoms with Crippen LogP contribution in [-0.4, -0.2) is 13.5 Å². The second-order valence-electron chi connectivity index (χ2n) is 20.9. The smallest absolute Gasteiger partial charge is 0.264 e. The number of aromatic nitrogens is 3. The van der Waals surface area contributed by atoms with Crippen LogP contribution in [0.5, 0.6) is 0 Å². The van der Waals surface area contributed by atoms with Crippen molar-refractivity contribution >= 4 is 70.7 Å². The van der Waals surface area contributed by atoms with Crippen LogP contribution in [0.25, 0.3) is 82.0 Å². The summed E-state index contributed by atoms with van der Waals surface area (Å²) in [6.45, 7) is 0. The molecule has 0 fully saturated rings. The summed E-state index contributed by atoms with van der Waals surface area (Å²) in [6, 6.07) is 69.7. The molecule has 7 nitrogen and oxygen atoms in total. The van der Waals surface area contributed by atoms with E-state index in [1.165, 1.54) is 44.5 Å². The maximum atomic E-state index is 16.7. The molecule has 0 N–H and O–H groups in total. The molecule has 0 saturated heterocycles. The fourth-order valence-corrected chi connectivity index (χ4v) is 15.5. The minimum atomic E-state index is -0.262. The quantitative estimate of drug-likeness (QED) is 0.161. The number of benzene rings is 10. The summed E-state index contributed by atoms with van der Waals surface area (Å²) in [5, 5.41) is 28.8. The summed E-state index contributed by atoms with van der Waals surface area (Å²) in [6.07, 6.45) is 0. The van der Waals surface area contributed by atoms with Crippen LogP contribution in [0, 0.1) is 22.7 Å². The molecule has 0 aliphatic heterocycles. The van der Waals surface area contributed by atoms with Crippen LogP contribution in [0.3, 0.4) is 0 Å². The monoisotopic (exact) mass is 953 g/mol. The average molecular weight is 954 g/mol. The van der Waals surface area contributed by atoms with E-state index >= 15 is 9.59 Å². The Hall–Kier alpha value is -10.1. The number of fused-ring (bicyclic) bond motifs is 8. The van der Waals surface area contributed by atoms with Gasteiger partial charge >= 0.3 is 0 Å². The van der Waals surface area contributed by atoms with Gasteiger partial charge in [0.15, 0.2) is 0 Å². The van der Waals surface area contributed by atoms with Crippen molar-refractivity contribution in [3.8, 4) is 23.5 Å². The fourth-order valence-electron chi connectivity index (χ4n) is 15.5. The van der Waals surface area contributed by atoms with E-state index in [-0.39, 0.29) is 34.8 Å². The number of nitrogens with zero attached hydrogens (tertiary/aromatic N) is 5. The molecule has 14 aromatic rings. The summed E-state index contributed by atoms with van der Waals surface area (Å²) in [5.41, 5.74) is 19.2. The molecule has 10 aromatic carbocycles. The van der Waals surface area contributed by atoms with E-state index in [2.05, 4.69) is 114 Å². The van der Waals surface area contributed by atoms with Gasteiger partial charge in [0.25, 0.3) is 11.1 Å². The number of hydrogen-bond acceptors (Lipinski definition) is 4. The zero-order valence-corrected chi connectivity index (χ0v) is 39.8. The molecule has 0 unspecified atom stereocenters. The zero-order valence-electron chi connectivity index (χ0n) is 39.8. The fraction of sp³-hybridized carbons (Fsp3) is 0.0588. The normalized spacial score (nSPS) is 17.4. The molecule has 6 aliphatic carbocycles. The van der Waals surface area contributed by atoms with Gasteiger partial charge in [0.05, 0.1) is 61.6 Å². The van der Waals surface area contributed by atoms with Crippen LogP contribution in [0.4, 0.5) is 0 Å². The van der Waals surface area contributed by atoms with Gasteiger partial charge in [0.2, 0.25) is 0 Å². The van der Waals surface area contributed by atoms with Crippen molar-refractivity contribution in [2.75, 3.05) is 0 Å². The van der Waals surface area contributed by atoms with Gasteiger partial charge in [-0.05, 0) is 115 Å². The third kappa shape index (κ3) is 4.40. The van der Waals surface area contributed by atoms with E-state index < -0.39 is 0 Å². The Morgan fingerprint density at radius 1 is 0.320 bits per heavy atom. The van der Waals surface area contributed by atoms with Crippen molar-refractivity contribution in [2.24, 2.45) is 0 Å². The number of rotatable bonds is 2. The molecular formula is C68H35N5O2. The second kappa shape index (κ2) is 13.5. The molecule has 0 saturated carbocycles. The Morgan fingerprint density at radius 3 is 1.00 bits per heavy atom. The molecule has 6 aliphatic rings. The predicted octanol–water partition coefficient (Wildman–Crippen LogP) is 13.8. The predicted molar refractivity (Wildman–Crippen MR) is 295 cm³/mol. The number of hydrogen-bond donors (Lipinski definition) is 0. The molecule has 0 atom stereocenters. The zero-order chi connectivity index (χ0) is 49.3. The molecule has 4 bridgehead atoms. The van der Waals surface area contributed by atoms with Crippen molar-refractivity contribution < 1.29 is 0 Å². The molecule has 4 aromatic heterocycles. The molecule has 0 radical (unpaired) electrons. The molecule has 75 heavy (non-hydrogen) atoms. The summed E-state index contributed by atoms with van der Waals surface area (Å²) in [5.74, 6) is -0.976. The van der Waals surface area contributed by atoms with E-state index in [1.54, 1.807) is 0 Å². The lowest BCUT2D eigenvalue weighted by molar-refractivity contribution is 0.758. The summed E-state index contributed by atoms with van der Waals surface area (Å²) in [4.78, 5) is 33.3. The second-order valence-corrected chi connectivity index (χ2v) is 20.9. The van der Waals surface area contributed by atoms with Crippen LogP contribution < -0.4 is 11.1 Å². The summed E-state index contributed by atoms with van der Waals surface area (Å²) in [7, 11) is 0. The molecule has 20 rings (SSSR count). The van der Waals surface area contributed by atoms with Crippen molar-refractivity contribution in [1.82, 2.24) is 13.5 Å². The van der Waals surface area contributed by atoms with Crippen LogP contribution in [0.2, 0.25) is 0 Å². The highest BCUT2D eigenvalue weighted by atomic mass is 16.1. The number of pyridine rings is 2. The highest BCUT2D eigenvalue weighted by Crippen LogP contribution is 2.63. The minimum Gasteiger partial charge on any atom is -0.308 e. The lowest BCUT2D eigenvalue weighted by atomic mass is 9.59. The van der Waals surface area contributed by atoms with E-state index in [0.717, 1.165) is 65.7 Å². The van der Waals surface area contributed by atoms with Gasteiger partial charge in [-0.3, -0.25) is 18.7 Å². The Labute approximate surface area is 426 Å². The average Bonchev–Trinajstić information content (AvgIpc) is 4.17. The minimum absolute atomic E-state index is 0.226. The molecular weight excluding hydrogens is 919 g/mol. The molecule has 0 spiro atoms. The van der Waals surface area contributed by atoms with Crippen molar-refractivity contribution in [3.63, 3.8) is 0 Å². The van der Waals surface area contributed by atoms with Gasteiger partial charge in [0, 0.05) is 67.4 Å². The Kier molecular flexibility index (Phi) is 7.11. The first-order chi connectivity index (χ1) is 37.1. The number of nitriles is 2. The largest absolute Gasteiger partial charge is 0.308 e. The van der Waals surface area contributed by atoms with Gasteiger partial charge in [-0.2, -0.15) is 10.5 Å². The number of para-hydroxylation sites is 2. The van der Waals surface area contributed by atoms with Crippen molar-refractivity contribution in [2.45, 2.75) is 23.7 Å². The highest BCUT2D eigenvalue weighted by molar-refractivity contribution is 6.42. The molecule has 7 heteroatoms. The maximum Gasteiger partial charge on any atom is 0.264 e.